The SMILES string of the molecule is CN1CCN([C@@H](CNC(=O)Nc2ccc(Cl)cc2)c2cccs2)CC1. The number of hydrogen-bond acceptors (Lipinski definition) is 4. The van der Waals surface area contributed by atoms with Gasteiger partial charge in [-0.2, -0.15) is 0 Å². The minimum atomic E-state index is -0.196. The van der Waals surface area contributed by atoms with Crippen molar-refractivity contribution in [1.29, 1.82) is 0 Å². The smallest absolute Gasteiger partial charge is 0.319 e. The van der Waals surface area contributed by atoms with Gasteiger partial charge >= 0.3 is 6.03 Å². The van der Waals surface area contributed by atoms with Gasteiger partial charge in [0.15, 0.2) is 0 Å². The number of likely N-dealkylation sites (N-methyl/N-ethyl adjacent to an activating group) is 1. The highest BCUT2D eigenvalue weighted by molar-refractivity contribution is 7.10. The summed E-state index contributed by atoms with van der Waals surface area (Å²) in [6.07, 6.45) is 0. The van der Waals surface area contributed by atoms with E-state index in [0.29, 0.717) is 11.6 Å². The lowest BCUT2D eigenvalue weighted by molar-refractivity contribution is 0.113. The topological polar surface area (TPSA) is 47.6 Å². The zero-order chi connectivity index (χ0) is 17.6. The molecule has 1 fully saturated rings. The van der Waals surface area contributed by atoms with Crippen molar-refractivity contribution in [2.45, 2.75) is 6.04 Å². The predicted molar refractivity (Wildman–Crippen MR) is 105 cm³/mol. The van der Waals surface area contributed by atoms with Crippen LogP contribution < -0.4 is 10.6 Å². The molecular weight excluding hydrogens is 356 g/mol. The molecule has 1 aliphatic rings. The molecule has 0 saturated carbocycles. The van der Waals surface area contributed by atoms with Gasteiger partial charge in [-0.15, -0.1) is 11.3 Å². The molecule has 7 heteroatoms. The van der Waals surface area contributed by atoms with Crippen LogP contribution in [0.2, 0.25) is 5.02 Å². The highest BCUT2D eigenvalue weighted by Gasteiger charge is 2.25. The molecule has 2 amide bonds. The van der Waals surface area contributed by atoms with Crippen molar-refractivity contribution >= 4 is 34.7 Å². The number of carbonyl (C=O) groups is 1. The second-order valence-corrected chi connectivity index (χ2v) is 7.63. The van der Waals surface area contributed by atoms with E-state index in [1.54, 1.807) is 35.6 Å². The Morgan fingerprint density at radius 1 is 1.20 bits per heavy atom. The minimum absolute atomic E-state index is 0.196. The van der Waals surface area contributed by atoms with E-state index < -0.39 is 0 Å². The van der Waals surface area contributed by atoms with Gasteiger partial charge in [0.2, 0.25) is 0 Å². The fraction of sp³-hybridized carbons (Fsp3) is 0.389. The second-order valence-electron chi connectivity index (χ2n) is 6.21. The van der Waals surface area contributed by atoms with Crippen LogP contribution in [0.1, 0.15) is 10.9 Å². The maximum absolute atomic E-state index is 12.2. The lowest BCUT2D eigenvalue weighted by Crippen LogP contribution is -2.48. The molecule has 3 rings (SSSR count). The molecule has 0 bridgehead atoms. The number of thiophene rings is 1. The third-order valence-corrected chi connectivity index (χ3v) is 5.63. The fourth-order valence-electron chi connectivity index (χ4n) is 2.92. The van der Waals surface area contributed by atoms with E-state index in [-0.39, 0.29) is 12.1 Å². The molecule has 0 unspecified atom stereocenters. The number of anilines is 1. The molecule has 2 aromatic rings. The largest absolute Gasteiger partial charge is 0.336 e. The molecule has 0 radical (unpaired) electrons. The first-order chi connectivity index (χ1) is 12.1. The summed E-state index contributed by atoms with van der Waals surface area (Å²) in [7, 11) is 2.15. The van der Waals surface area contributed by atoms with Gasteiger partial charge in [0.25, 0.3) is 0 Å². The minimum Gasteiger partial charge on any atom is -0.336 e. The van der Waals surface area contributed by atoms with Gasteiger partial charge in [0.05, 0.1) is 6.04 Å². The number of hydrogen-bond donors (Lipinski definition) is 2. The van der Waals surface area contributed by atoms with Crippen molar-refractivity contribution in [1.82, 2.24) is 15.1 Å². The normalized spacial score (nSPS) is 17.2. The highest BCUT2D eigenvalue weighted by atomic mass is 35.5. The van der Waals surface area contributed by atoms with E-state index in [9.17, 15) is 4.79 Å². The van der Waals surface area contributed by atoms with Gasteiger partial charge in [-0.25, -0.2) is 4.79 Å². The van der Waals surface area contributed by atoms with Crippen LogP contribution in [0.25, 0.3) is 0 Å². The summed E-state index contributed by atoms with van der Waals surface area (Å²) in [4.78, 5) is 18.3. The lowest BCUT2D eigenvalue weighted by Gasteiger charge is -2.37. The summed E-state index contributed by atoms with van der Waals surface area (Å²) < 4.78 is 0. The molecule has 134 valence electrons. The molecule has 1 saturated heterocycles. The van der Waals surface area contributed by atoms with Crippen LogP contribution in [-0.4, -0.2) is 55.6 Å². The summed E-state index contributed by atoms with van der Waals surface area (Å²) in [5.41, 5.74) is 0.731. The van der Waals surface area contributed by atoms with Crippen molar-refractivity contribution < 1.29 is 4.79 Å². The summed E-state index contributed by atoms with van der Waals surface area (Å²) in [6.45, 7) is 4.72. The van der Waals surface area contributed by atoms with Crippen LogP contribution in [0.3, 0.4) is 0 Å². The average Bonchev–Trinajstić information content (AvgIpc) is 3.13. The Morgan fingerprint density at radius 3 is 2.56 bits per heavy atom. The summed E-state index contributed by atoms with van der Waals surface area (Å²) in [5.74, 6) is 0. The number of halogens is 1. The quantitative estimate of drug-likeness (QED) is 0.836. The summed E-state index contributed by atoms with van der Waals surface area (Å²) in [6, 6.07) is 11.3. The Kier molecular flexibility index (Phi) is 6.31. The van der Waals surface area contributed by atoms with E-state index >= 15 is 0 Å². The Morgan fingerprint density at radius 2 is 1.92 bits per heavy atom. The number of rotatable bonds is 5. The molecule has 25 heavy (non-hydrogen) atoms. The third-order valence-electron chi connectivity index (χ3n) is 4.41. The lowest BCUT2D eigenvalue weighted by atomic mass is 10.1. The monoisotopic (exact) mass is 378 g/mol. The zero-order valence-electron chi connectivity index (χ0n) is 14.2. The van der Waals surface area contributed by atoms with E-state index in [4.69, 9.17) is 11.6 Å². The number of carbonyl (C=O) groups excluding carboxylic acids is 1. The van der Waals surface area contributed by atoms with Gasteiger partial charge in [0.1, 0.15) is 0 Å². The molecule has 0 spiro atoms. The molecular formula is C18H23ClN4OS. The molecule has 5 nitrogen and oxygen atoms in total. The van der Waals surface area contributed by atoms with Crippen molar-refractivity contribution in [2.75, 3.05) is 45.1 Å². The molecule has 1 aromatic carbocycles. The number of nitrogens with zero attached hydrogens (tertiary/aromatic N) is 2. The molecule has 2 heterocycles. The van der Waals surface area contributed by atoms with Crippen LogP contribution in [-0.2, 0) is 0 Å². The van der Waals surface area contributed by atoms with Gasteiger partial charge < -0.3 is 15.5 Å². The second kappa shape index (κ2) is 8.67. The van der Waals surface area contributed by atoms with Crippen LogP contribution in [0.5, 0.6) is 0 Å². The number of nitrogens with one attached hydrogen (secondary N) is 2. The van der Waals surface area contributed by atoms with E-state index in [2.05, 4.69) is 45.0 Å². The molecule has 1 atom stereocenters. The summed E-state index contributed by atoms with van der Waals surface area (Å²) in [5, 5.41) is 8.60. The van der Waals surface area contributed by atoms with Crippen LogP contribution in [0.15, 0.2) is 41.8 Å². The first-order valence-electron chi connectivity index (χ1n) is 8.38. The van der Waals surface area contributed by atoms with Crippen molar-refractivity contribution in [2.24, 2.45) is 0 Å². The Bertz CT molecular complexity index is 669. The standard InChI is InChI=1S/C18H23ClN4OS/c1-22-8-10-23(11-9-22)16(17-3-2-12-25-17)13-20-18(24)21-15-6-4-14(19)5-7-15/h2-7,12,16H,8-11,13H2,1H3,(H2,20,21,24)/t16-/m0/s1. The highest BCUT2D eigenvalue weighted by Crippen LogP contribution is 2.25. The predicted octanol–water partition coefficient (Wildman–Crippen LogP) is 3.51. The molecule has 0 aliphatic carbocycles. The summed E-state index contributed by atoms with van der Waals surface area (Å²) >= 11 is 7.61. The van der Waals surface area contributed by atoms with E-state index in [0.717, 1.165) is 31.9 Å². The van der Waals surface area contributed by atoms with Crippen LogP contribution in [0, 0.1) is 0 Å². The third kappa shape index (κ3) is 5.19. The first kappa shape index (κ1) is 18.2. The molecule has 1 aromatic heterocycles. The Balaban J connectivity index is 1.58. The van der Waals surface area contributed by atoms with E-state index in [1.165, 1.54) is 4.88 Å². The Labute approximate surface area is 157 Å². The Hall–Kier alpha value is -1.60. The van der Waals surface area contributed by atoms with Crippen LogP contribution >= 0.6 is 22.9 Å². The maximum Gasteiger partial charge on any atom is 0.319 e. The van der Waals surface area contributed by atoms with Gasteiger partial charge in [-0.3, -0.25) is 4.90 Å². The zero-order valence-corrected chi connectivity index (χ0v) is 15.8. The molecule has 2 N–H and O–H groups in total. The number of benzene rings is 1. The van der Waals surface area contributed by atoms with E-state index in [1.807, 2.05) is 0 Å². The van der Waals surface area contributed by atoms with Crippen molar-refractivity contribution in [3.05, 3.63) is 51.7 Å². The average molecular weight is 379 g/mol. The van der Waals surface area contributed by atoms with Gasteiger partial charge in [-0.05, 0) is 42.8 Å². The van der Waals surface area contributed by atoms with Crippen molar-refractivity contribution in [3.63, 3.8) is 0 Å². The number of amides is 2. The van der Waals surface area contributed by atoms with Crippen molar-refractivity contribution in [3.8, 4) is 0 Å². The van der Waals surface area contributed by atoms with Crippen LogP contribution in [0.4, 0.5) is 10.5 Å². The number of piperazine rings is 1. The maximum atomic E-state index is 12.2. The number of urea groups is 1. The fourth-order valence-corrected chi connectivity index (χ4v) is 3.91. The first-order valence-corrected chi connectivity index (χ1v) is 9.64. The van der Waals surface area contributed by atoms with Gasteiger partial charge in [0, 0.05) is 48.3 Å². The molecule has 1 aliphatic heterocycles. The van der Waals surface area contributed by atoms with Gasteiger partial charge in [-0.1, -0.05) is 17.7 Å².